The summed E-state index contributed by atoms with van der Waals surface area (Å²) in [6, 6.07) is 13.0. The van der Waals surface area contributed by atoms with E-state index >= 15 is 0 Å². The molecule has 1 atom stereocenters. The van der Waals surface area contributed by atoms with Crippen molar-refractivity contribution in [1.29, 1.82) is 0 Å². The first-order valence-corrected chi connectivity index (χ1v) is 8.70. The monoisotopic (exact) mass is 392 g/mol. The van der Waals surface area contributed by atoms with Gasteiger partial charge in [-0.3, -0.25) is 19.5 Å². The maximum absolute atomic E-state index is 14.5. The molecular weight excluding hydrogens is 378 g/mol. The number of aliphatic hydroxyl groups is 1. The minimum Gasteiger partial charge on any atom is -0.507 e. The van der Waals surface area contributed by atoms with E-state index in [4.69, 9.17) is 0 Å². The van der Waals surface area contributed by atoms with Crippen LogP contribution in [-0.4, -0.2) is 21.8 Å². The smallest absolute Gasteiger partial charge is 0.300 e. The van der Waals surface area contributed by atoms with Crippen molar-refractivity contribution in [3.05, 3.63) is 101 Å². The van der Waals surface area contributed by atoms with Crippen molar-refractivity contribution in [2.75, 3.05) is 4.90 Å². The summed E-state index contributed by atoms with van der Waals surface area (Å²) < 4.78 is 27.9. The van der Waals surface area contributed by atoms with Crippen LogP contribution in [0.25, 0.3) is 5.76 Å². The Hall–Kier alpha value is -3.87. The summed E-state index contributed by atoms with van der Waals surface area (Å²) in [6.45, 7) is 0. The van der Waals surface area contributed by atoms with E-state index in [1.807, 2.05) is 0 Å². The first-order chi connectivity index (χ1) is 14.0. The molecule has 1 amide bonds. The molecule has 4 rings (SSSR count). The van der Waals surface area contributed by atoms with E-state index in [1.54, 1.807) is 42.5 Å². The summed E-state index contributed by atoms with van der Waals surface area (Å²) >= 11 is 0. The van der Waals surface area contributed by atoms with Crippen molar-refractivity contribution in [2.45, 2.75) is 6.04 Å². The van der Waals surface area contributed by atoms with Gasteiger partial charge in [0, 0.05) is 24.0 Å². The van der Waals surface area contributed by atoms with E-state index in [0.29, 0.717) is 17.2 Å². The quantitative estimate of drug-likeness (QED) is 0.416. The van der Waals surface area contributed by atoms with Crippen LogP contribution in [0.5, 0.6) is 0 Å². The van der Waals surface area contributed by atoms with Crippen LogP contribution in [-0.2, 0) is 9.59 Å². The fourth-order valence-corrected chi connectivity index (χ4v) is 3.36. The summed E-state index contributed by atoms with van der Waals surface area (Å²) in [5.41, 5.74) is 0.263. The Labute approximate surface area is 164 Å². The van der Waals surface area contributed by atoms with Crippen LogP contribution in [0.1, 0.15) is 17.2 Å². The second kappa shape index (κ2) is 7.27. The summed E-state index contributed by atoms with van der Waals surface area (Å²) in [4.78, 5) is 30.6. The number of hydrogen-bond donors (Lipinski definition) is 1. The number of carbonyl (C=O) groups excluding carboxylic acids is 2. The normalized spacial score (nSPS) is 18.3. The molecule has 7 heteroatoms. The minimum absolute atomic E-state index is 0.196. The largest absolute Gasteiger partial charge is 0.507 e. The fraction of sp³-hybridized carbons (Fsp3) is 0.0455. The zero-order valence-electron chi connectivity index (χ0n) is 14.9. The van der Waals surface area contributed by atoms with Crippen LogP contribution in [0, 0.1) is 11.6 Å². The van der Waals surface area contributed by atoms with Gasteiger partial charge in [-0.05, 0) is 23.8 Å². The van der Waals surface area contributed by atoms with E-state index in [2.05, 4.69) is 4.98 Å². The minimum atomic E-state index is -1.12. The lowest BCUT2D eigenvalue weighted by molar-refractivity contribution is -0.132. The van der Waals surface area contributed by atoms with Crippen molar-refractivity contribution in [1.82, 2.24) is 4.98 Å². The number of hydrogen-bond acceptors (Lipinski definition) is 4. The molecule has 1 aliphatic heterocycles. The van der Waals surface area contributed by atoms with Gasteiger partial charge in [0.25, 0.3) is 11.7 Å². The lowest BCUT2D eigenvalue weighted by Gasteiger charge is -2.25. The number of benzene rings is 2. The van der Waals surface area contributed by atoms with Gasteiger partial charge in [-0.25, -0.2) is 8.78 Å². The number of ketones is 1. The van der Waals surface area contributed by atoms with Gasteiger partial charge in [-0.15, -0.1) is 0 Å². The molecule has 2 heterocycles. The van der Waals surface area contributed by atoms with Crippen LogP contribution >= 0.6 is 0 Å². The molecule has 1 aromatic heterocycles. The lowest BCUT2D eigenvalue weighted by atomic mass is 9.96. The Bertz CT molecular complexity index is 1130. The second-order valence-electron chi connectivity index (χ2n) is 6.42. The summed E-state index contributed by atoms with van der Waals surface area (Å²) in [5.74, 6) is -4.20. The number of carbonyl (C=O) groups is 2. The lowest BCUT2D eigenvalue weighted by Crippen LogP contribution is -2.30. The van der Waals surface area contributed by atoms with Crippen LogP contribution in [0.3, 0.4) is 0 Å². The van der Waals surface area contributed by atoms with Crippen molar-refractivity contribution >= 4 is 23.1 Å². The Balaban J connectivity index is 1.97. The molecule has 1 N–H and O–H groups in total. The molecule has 144 valence electrons. The predicted molar refractivity (Wildman–Crippen MR) is 102 cm³/mol. The third-order valence-corrected chi connectivity index (χ3v) is 4.66. The summed E-state index contributed by atoms with van der Waals surface area (Å²) in [6.07, 6.45) is 2.93. The maximum Gasteiger partial charge on any atom is 0.300 e. The van der Waals surface area contributed by atoms with Crippen molar-refractivity contribution in [2.24, 2.45) is 0 Å². The summed E-state index contributed by atoms with van der Waals surface area (Å²) in [5, 5.41) is 10.8. The number of anilines is 1. The average molecular weight is 392 g/mol. The Kier molecular flexibility index (Phi) is 4.64. The maximum atomic E-state index is 14.5. The fourth-order valence-electron chi connectivity index (χ4n) is 3.36. The second-order valence-corrected chi connectivity index (χ2v) is 6.42. The first kappa shape index (κ1) is 18.5. The van der Waals surface area contributed by atoms with Gasteiger partial charge in [0.15, 0.2) is 0 Å². The molecule has 0 aliphatic carbocycles. The molecule has 3 aromatic rings. The molecule has 5 nitrogen and oxygen atoms in total. The van der Waals surface area contributed by atoms with Crippen LogP contribution in [0.2, 0.25) is 0 Å². The Morgan fingerprint density at radius 1 is 1.00 bits per heavy atom. The number of nitrogens with zero attached hydrogens (tertiary/aromatic N) is 2. The molecule has 1 fully saturated rings. The molecular formula is C22H14F2N2O3. The number of halogens is 2. The number of aliphatic hydroxyl groups excluding tert-OH is 1. The van der Waals surface area contributed by atoms with E-state index in [1.165, 1.54) is 12.4 Å². The molecule has 29 heavy (non-hydrogen) atoms. The van der Waals surface area contributed by atoms with Gasteiger partial charge in [0.1, 0.15) is 17.4 Å². The molecule has 2 aromatic carbocycles. The Morgan fingerprint density at radius 3 is 2.41 bits per heavy atom. The van der Waals surface area contributed by atoms with E-state index in [-0.39, 0.29) is 17.0 Å². The van der Waals surface area contributed by atoms with Gasteiger partial charge in [-0.2, -0.15) is 0 Å². The first-order valence-electron chi connectivity index (χ1n) is 8.70. The molecule has 1 saturated heterocycles. The Morgan fingerprint density at radius 2 is 1.76 bits per heavy atom. The van der Waals surface area contributed by atoms with Gasteiger partial charge < -0.3 is 5.11 Å². The van der Waals surface area contributed by atoms with E-state index in [9.17, 15) is 23.5 Å². The topological polar surface area (TPSA) is 70.5 Å². The predicted octanol–water partition coefficient (Wildman–Crippen LogP) is 3.99. The van der Waals surface area contributed by atoms with Crippen molar-refractivity contribution in [3.63, 3.8) is 0 Å². The molecule has 0 spiro atoms. The third-order valence-electron chi connectivity index (χ3n) is 4.66. The highest BCUT2D eigenvalue weighted by Crippen LogP contribution is 2.42. The van der Waals surface area contributed by atoms with E-state index < -0.39 is 29.4 Å². The van der Waals surface area contributed by atoms with Gasteiger partial charge >= 0.3 is 0 Å². The van der Waals surface area contributed by atoms with Crippen LogP contribution in [0.15, 0.2) is 78.6 Å². The van der Waals surface area contributed by atoms with Gasteiger partial charge in [-0.1, -0.05) is 36.4 Å². The average Bonchev–Trinajstić information content (AvgIpc) is 3.00. The number of aromatic nitrogens is 1. The molecule has 0 saturated carbocycles. The van der Waals surface area contributed by atoms with Crippen molar-refractivity contribution in [3.8, 4) is 0 Å². The van der Waals surface area contributed by atoms with Crippen LogP contribution in [0.4, 0.5) is 14.5 Å². The standard InChI is InChI=1S/C22H14F2N2O3/c23-15-8-9-17(16(24)11-15)26-19(14-7-4-10-25-12-14)18(21(28)22(26)29)20(27)13-5-2-1-3-6-13/h1-12,19,27H/b20-18+. The number of rotatable bonds is 3. The molecule has 0 bridgehead atoms. The van der Waals surface area contributed by atoms with Crippen LogP contribution < -0.4 is 4.90 Å². The van der Waals surface area contributed by atoms with Gasteiger partial charge in [0.2, 0.25) is 0 Å². The summed E-state index contributed by atoms with van der Waals surface area (Å²) in [7, 11) is 0. The molecule has 0 radical (unpaired) electrons. The van der Waals surface area contributed by atoms with E-state index in [0.717, 1.165) is 17.0 Å². The number of pyridine rings is 1. The highest BCUT2D eigenvalue weighted by molar-refractivity contribution is 6.51. The highest BCUT2D eigenvalue weighted by Gasteiger charge is 2.47. The SMILES string of the molecule is O=C1C(=O)N(c2ccc(F)cc2F)C(c2cccnc2)/C1=C(\O)c1ccccc1. The zero-order valence-corrected chi connectivity index (χ0v) is 14.9. The molecule has 1 unspecified atom stereocenters. The van der Waals surface area contributed by atoms with Crippen molar-refractivity contribution < 1.29 is 23.5 Å². The van der Waals surface area contributed by atoms with Gasteiger partial charge in [0.05, 0.1) is 17.3 Å². The highest BCUT2D eigenvalue weighted by atomic mass is 19.1. The number of Topliss-reactive ketones (excluding diaryl/α,β-unsaturated/α-hetero) is 1. The number of amides is 1. The third kappa shape index (κ3) is 3.16. The molecule has 1 aliphatic rings. The zero-order chi connectivity index (χ0) is 20.5.